The largest absolute Gasteiger partial charge is 0.464 e. The molecule has 0 unspecified atom stereocenters. The van der Waals surface area contributed by atoms with Crippen LogP contribution in [-0.2, 0) is 14.3 Å². The van der Waals surface area contributed by atoms with Gasteiger partial charge in [-0.2, -0.15) is 0 Å². The van der Waals surface area contributed by atoms with E-state index in [2.05, 4.69) is 0 Å². The van der Waals surface area contributed by atoms with Gasteiger partial charge < -0.3 is 9.47 Å². The predicted molar refractivity (Wildman–Crippen MR) is 63.3 cm³/mol. The van der Waals surface area contributed by atoms with E-state index in [1.165, 1.54) is 44.9 Å². The monoisotopic (exact) mass is 228 g/mol. The second-order valence-corrected chi connectivity index (χ2v) is 4.46. The summed E-state index contributed by atoms with van der Waals surface area (Å²) in [4.78, 5) is 11.2. The van der Waals surface area contributed by atoms with Crippen molar-refractivity contribution in [3.8, 4) is 0 Å². The lowest BCUT2D eigenvalue weighted by Crippen LogP contribution is -2.13. The molecule has 1 rings (SSSR count). The zero-order valence-corrected chi connectivity index (χ0v) is 10.2. The molecule has 16 heavy (non-hydrogen) atoms. The van der Waals surface area contributed by atoms with Crippen molar-refractivity contribution in [1.82, 2.24) is 0 Å². The highest BCUT2D eigenvalue weighted by atomic mass is 16.6. The van der Waals surface area contributed by atoms with E-state index in [-0.39, 0.29) is 12.6 Å². The van der Waals surface area contributed by atoms with Crippen LogP contribution in [0.3, 0.4) is 0 Å². The number of hydrogen-bond donors (Lipinski definition) is 0. The molecular formula is C13H24O3. The molecule has 1 heterocycles. The fraction of sp³-hybridized carbons (Fsp3) is 0.923. The first-order chi connectivity index (χ1) is 7.89. The van der Waals surface area contributed by atoms with Gasteiger partial charge in [0.2, 0.25) is 0 Å². The number of ether oxygens (including phenoxy) is 2. The van der Waals surface area contributed by atoms with Crippen molar-refractivity contribution in [3.05, 3.63) is 0 Å². The lowest BCUT2D eigenvalue weighted by atomic mass is 10.1. The van der Waals surface area contributed by atoms with Gasteiger partial charge in [-0.25, -0.2) is 4.79 Å². The van der Waals surface area contributed by atoms with Gasteiger partial charge in [-0.3, -0.25) is 0 Å². The van der Waals surface area contributed by atoms with Gasteiger partial charge in [0.1, 0.15) is 6.61 Å². The average molecular weight is 228 g/mol. The van der Waals surface area contributed by atoms with E-state index < -0.39 is 0 Å². The van der Waals surface area contributed by atoms with Crippen LogP contribution < -0.4 is 0 Å². The molecule has 0 amide bonds. The van der Waals surface area contributed by atoms with Crippen LogP contribution >= 0.6 is 0 Å². The molecule has 3 nitrogen and oxygen atoms in total. The van der Waals surface area contributed by atoms with Gasteiger partial charge in [-0.1, -0.05) is 44.9 Å². The summed E-state index contributed by atoms with van der Waals surface area (Å²) in [6, 6.07) is 0. The second kappa shape index (κ2) is 9.64. The molecule has 0 spiro atoms. The molecule has 1 aliphatic heterocycles. The van der Waals surface area contributed by atoms with Crippen molar-refractivity contribution in [2.24, 2.45) is 0 Å². The van der Waals surface area contributed by atoms with Crippen molar-refractivity contribution in [1.29, 1.82) is 0 Å². The third-order valence-corrected chi connectivity index (χ3v) is 2.92. The Kier molecular flexibility index (Phi) is 8.13. The first-order valence-electron chi connectivity index (χ1n) is 6.63. The highest BCUT2D eigenvalue weighted by molar-refractivity contribution is 5.70. The number of hydrogen-bond acceptors (Lipinski definition) is 3. The molecule has 0 radical (unpaired) electrons. The number of rotatable bonds is 0. The third kappa shape index (κ3) is 7.69. The molecule has 0 atom stereocenters. The van der Waals surface area contributed by atoms with Crippen molar-refractivity contribution in [2.75, 3.05) is 19.8 Å². The molecule has 0 aromatic heterocycles. The Morgan fingerprint density at radius 1 is 0.688 bits per heavy atom. The van der Waals surface area contributed by atoms with Gasteiger partial charge in [0, 0.05) is 6.61 Å². The fourth-order valence-electron chi connectivity index (χ4n) is 1.93. The van der Waals surface area contributed by atoms with Crippen LogP contribution in [0.5, 0.6) is 0 Å². The highest BCUT2D eigenvalue weighted by Crippen LogP contribution is 2.10. The van der Waals surface area contributed by atoms with E-state index in [9.17, 15) is 4.79 Å². The molecule has 0 bridgehead atoms. The van der Waals surface area contributed by atoms with Crippen LogP contribution in [0.15, 0.2) is 0 Å². The smallest absolute Gasteiger partial charge is 0.332 e. The Bertz CT molecular complexity index is 162. The maximum absolute atomic E-state index is 11.2. The fourth-order valence-corrected chi connectivity index (χ4v) is 1.93. The molecule has 3 heteroatoms. The molecule has 0 N–H and O–H groups in total. The molecule has 1 fully saturated rings. The topological polar surface area (TPSA) is 35.5 Å². The van der Waals surface area contributed by atoms with Crippen molar-refractivity contribution in [2.45, 2.75) is 57.8 Å². The average Bonchev–Trinajstić information content (AvgIpc) is 2.29. The van der Waals surface area contributed by atoms with Crippen LogP contribution in [0.1, 0.15) is 57.8 Å². The quantitative estimate of drug-likeness (QED) is 0.598. The SMILES string of the molecule is O=C1COCCCCCCCCCCCO1. The minimum Gasteiger partial charge on any atom is -0.464 e. The van der Waals surface area contributed by atoms with E-state index in [0.717, 1.165) is 12.8 Å². The predicted octanol–water partition coefficient (Wildman–Crippen LogP) is 3.07. The minimum absolute atomic E-state index is 0.125. The van der Waals surface area contributed by atoms with Crippen molar-refractivity contribution >= 4 is 5.97 Å². The lowest BCUT2D eigenvalue weighted by Gasteiger charge is -2.05. The molecule has 0 aliphatic carbocycles. The zero-order valence-electron chi connectivity index (χ0n) is 10.2. The van der Waals surface area contributed by atoms with Crippen LogP contribution in [0.25, 0.3) is 0 Å². The van der Waals surface area contributed by atoms with Gasteiger partial charge in [-0.05, 0) is 12.8 Å². The van der Waals surface area contributed by atoms with Gasteiger partial charge in [-0.15, -0.1) is 0 Å². The lowest BCUT2D eigenvalue weighted by molar-refractivity contribution is -0.149. The first-order valence-corrected chi connectivity index (χ1v) is 6.63. The molecule has 0 aromatic rings. The summed E-state index contributed by atoms with van der Waals surface area (Å²) in [5.74, 6) is -0.213. The van der Waals surface area contributed by atoms with Gasteiger partial charge in [0.25, 0.3) is 0 Å². The highest BCUT2D eigenvalue weighted by Gasteiger charge is 2.03. The molecule has 0 saturated carbocycles. The number of carbonyl (C=O) groups excluding carboxylic acids is 1. The van der Waals surface area contributed by atoms with E-state index in [4.69, 9.17) is 9.47 Å². The Labute approximate surface area is 98.5 Å². The summed E-state index contributed by atoms with van der Waals surface area (Å²) in [5.41, 5.74) is 0. The maximum atomic E-state index is 11.2. The van der Waals surface area contributed by atoms with E-state index in [1.54, 1.807) is 0 Å². The first kappa shape index (κ1) is 13.5. The maximum Gasteiger partial charge on any atom is 0.332 e. The van der Waals surface area contributed by atoms with Crippen molar-refractivity contribution < 1.29 is 14.3 Å². The number of carbonyl (C=O) groups is 1. The number of cyclic esters (lactones) is 1. The Hall–Kier alpha value is -0.570. The molecule has 0 aromatic carbocycles. The Morgan fingerprint density at radius 3 is 1.81 bits per heavy atom. The standard InChI is InChI=1S/C13H24O3/c14-13-12-15-10-8-6-4-2-1-3-5-7-9-11-16-13/h1-12H2. The van der Waals surface area contributed by atoms with Crippen LogP contribution in [-0.4, -0.2) is 25.8 Å². The van der Waals surface area contributed by atoms with E-state index >= 15 is 0 Å². The number of esters is 1. The summed E-state index contributed by atoms with van der Waals surface area (Å²) in [7, 11) is 0. The van der Waals surface area contributed by atoms with Gasteiger partial charge in [0.15, 0.2) is 0 Å². The molecule has 1 saturated heterocycles. The minimum atomic E-state index is -0.213. The second-order valence-electron chi connectivity index (χ2n) is 4.46. The normalized spacial score (nSPS) is 22.9. The zero-order chi connectivity index (χ0) is 11.5. The van der Waals surface area contributed by atoms with Crippen LogP contribution in [0.4, 0.5) is 0 Å². The molecule has 94 valence electrons. The summed E-state index contributed by atoms with van der Waals surface area (Å²) in [6.07, 6.45) is 11.0. The molecule has 1 aliphatic rings. The molecular weight excluding hydrogens is 204 g/mol. The summed E-state index contributed by atoms with van der Waals surface area (Å²) in [5, 5.41) is 0. The van der Waals surface area contributed by atoms with Crippen molar-refractivity contribution in [3.63, 3.8) is 0 Å². The van der Waals surface area contributed by atoms with Gasteiger partial charge in [0.05, 0.1) is 6.61 Å². The van der Waals surface area contributed by atoms with Crippen LogP contribution in [0.2, 0.25) is 0 Å². The Morgan fingerprint density at radius 2 is 1.19 bits per heavy atom. The third-order valence-electron chi connectivity index (χ3n) is 2.92. The van der Waals surface area contributed by atoms with E-state index in [1.807, 2.05) is 0 Å². The van der Waals surface area contributed by atoms with E-state index in [0.29, 0.717) is 13.2 Å². The summed E-state index contributed by atoms with van der Waals surface area (Å²) >= 11 is 0. The van der Waals surface area contributed by atoms with Gasteiger partial charge >= 0.3 is 5.97 Å². The summed E-state index contributed by atoms with van der Waals surface area (Å²) in [6.45, 7) is 1.37. The Balaban J connectivity index is 2.13. The van der Waals surface area contributed by atoms with Crippen LogP contribution in [0, 0.1) is 0 Å². The summed E-state index contributed by atoms with van der Waals surface area (Å²) < 4.78 is 10.3.